The number of carbonyl (C=O) groups is 1. The summed E-state index contributed by atoms with van der Waals surface area (Å²) in [6, 6.07) is 0. The third-order valence-corrected chi connectivity index (χ3v) is 6.30. The molecule has 1 aliphatic carbocycles. The highest BCUT2D eigenvalue weighted by Gasteiger charge is 2.40. The van der Waals surface area contributed by atoms with Crippen LogP contribution in [-0.4, -0.2) is 28.4 Å². The lowest BCUT2D eigenvalue weighted by Gasteiger charge is -2.34. The molecule has 5 heteroatoms. The van der Waals surface area contributed by atoms with Gasteiger partial charge in [0.15, 0.2) is 0 Å². The molecule has 3 unspecified atom stereocenters. The second-order valence-corrected chi connectivity index (χ2v) is 8.94. The van der Waals surface area contributed by atoms with Gasteiger partial charge in [-0.1, -0.05) is 64.8 Å². The van der Waals surface area contributed by atoms with E-state index in [9.17, 15) is 9.90 Å². The molecule has 0 aliphatic heterocycles. The molecule has 0 spiro atoms. The maximum absolute atomic E-state index is 11.6. The quantitative estimate of drug-likeness (QED) is 0.187. The van der Waals surface area contributed by atoms with Crippen molar-refractivity contribution in [2.45, 2.75) is 104 Å². The second-order valence-electron chi connectivity index (χ2n) is 8.94. The minimum Gasteiger partial charge on any atom is -0.480 e. The Balaban J connectivity index is 0.000000639. The summed E-state index contributed by atoms with van der Waals surface area (Å²) in [5.74, 6) is -0.00375. The first kappa shape index (κ1) is 29.6. The summed E-state index contributed by atoms with van der Waals surface area (Å²) < 4.78 is 0. The van der Waals surface area contributed by atoms with E-state index < -0.39 is 11.5 Å². The third-order valence-electron chi connectivity index (χ3n) is 6.30. The maximum Gasteiger partial charge on any atom is 0.323 e. The zero-order chi connectivity index (χ0) is 23.7. The number of nitrogens with one attached hydrogen (secondary N) is 1. The number of unbranched alkanes of at least 4 members (excludes halogenated alkanes) is 2. The molecule has 0 aromatic carbocycles. The van der Waals surface area contributed by atoms with Crippen LogP contribution in [-0.2, 0) is 4.79 Å². The van der Waals surface area contributed by atoms with E-state index in [4.69, 9.17) is 10.9 Å². The van der Waals surface area contributed by atoms with Crippen LogP contribution in [0.25, 0.3) is 0 Å². The molecule has 31 heavy (non-hydrogen) atoms. The van der Waals surface area contributed by atoms with Crippen LogP contribution in [0.1, 0.15) is 98.3 Å². The van der Waals surface area contributed by atoms with E-state index in [-0.39, 0.29) is 5.92 Å². The van der Waals surface area contributed by atoms with Crippen LogP contribution >= 0.6 is 0 Å². The zero-order valence-corrected chi connectivity index (χ0v) is 20.5. The normalized spacial score (nSPS) is 19.5. The first-order chi connectivity index (χ1) is 14.8. The van der Waals surface area contributed by atoms with Crippen molar-refractivity contribution in [2.75, 3.05) is 6.54 Å². The van der Waals surface area contributed by atoms with Crippen molar-refractivity contribution in [1.29, 1.82) is 0 Å². The molecule has 0 bridgehead atoms. The average Bonchev–Trinajstić information content (AvgIpc) is 2.75. The molecule has 0 aromatic rings. The van der Waals surface area contributed by atoms with Gasteiger partial charge >= 0.3 is 5.97 Å². The largest absolute Gasteiger partial charge is 0.480 e. The summed E-state index contributed by atoms with van der Waals surface area (Å²) in [6.07, 6.45) is 16.8. The van der Waals surface area contributed by atoms with Gasteiger partial charge in [0.05, 0.1) is 0 Å². The Morgan fingerprint density at radius 2 is 1.97 bits per heavy atom. The predicted octanol–water partition coefficient (Wildman–Crippen LogP) is 6.39. The fourth-order valence-electron chi connectivity index (χ4n) is 4.35. The van der Waals surface area contributed by atoms with Gasteiger partial charge in [-0.15, -0.1) is 0 Å². The van der Waals surface area contributed by atoms with Gasteiger partial charge in [-0.3, -0.25) is 4.79 Å². The maximum atomic E-state index is 11.6. The van der Waals surface area contributed by atoms with Crippen molar-refractivity contribution in [3.05, 3.63) is 36.0 Å². The standard InChI is InChI=1S/C14H30N2O3.C12H18/c1-3-5-9-12(8-4-2)14(15,13(17)18)10-6-7-11-16-19;1-4-6-12-9-10(3)7-8-11(12)5-2/h12,16,19H,3-11,15H2,1-2H3,(H,17,18);4-6,10H,2,7-9H2,1,3H3/b;6-4-. The van der Waals surface area contributed by atoms with E-state index in [1.165, 1.54) is 30.4 Å². The van der Waals surface area contributed by atoms with E-state index in [0.717, 1.165) is 44.4 Å². The number of nitrogens with two attached hydrogens (primary N) is 1. The molecular weight excluding hydrogens is 388 g/mol. The van der Waals surface area contributed by atoms with Gasteiger partial charge in [-0.2, -0.15) is 0 Å². The highest BCUT2D eigenvalue weighted by Crippen LogP contribution is 2.31. The molecule has 0 radical (unpaired) electrons. The summed E-state index contributed by atoms with van der Waals surface area (Å²) >= 11 is 0. The Hall–Kier alpha value is -1.43. The molecule has 180 valence electrons. The molecule has 1 rings (SSSR count). The topological polar surface area (TPSA) is 95.6 Å². The van der Waals surface area contributed by atoms with E-state index in [1.807, 2.05) is 6.08 Å². The molecule has 0 fully saturated rings. The summed E-state index contributed by atoms with van der Waals surface area (Å²) in [6.45, 7) is 12.9. The Kier molecular flexibility index (Phi) is 16.4. The van der Waals surface area contributed by atoms with Gasteiger partial charge in [-0.25, -0.2) is 5.48 Å². The Bertz CT molecular complexity index is 571. The van der Waals surface area contributed by atoms with E-state index in [0.29, 0.717) is 19.4 Å². The van der Waals surface area contributed by atoms with Crippen LogP contribution in [0.3, 0.4) is 0 Å². The number of carboxylic acids is 1. The highest BCUT2D eigenvalue weighted by atomic mass is 16.5. The highest BCUT2D eigenvalue weighted by molar-refractivity contribution is 5.78. The van der Waals surface area contributed by atoms with E-state index in [2.05, 4.69) is 51.9 Å². The number of hydrogen-bond donors (Lipinski definition) is 4. The van der Waals surface area contributed by atoms with Crippen molar-refractivity contribution in [3.8, 4) is 0 Å². The minimum absolute atomic E-state index is 0.0389. The number of hydrogen-bond acceptors (Lipinski definition) is 4. The first-order valence-electron chi connectivity index (χ1n) is 12.2. The fourth-order valence-corrected chi connectivity index (χ4v) is 4.35. The molecule has 5 nitrogen and oxygen atoms in total. The minimum atomic E-state index is -1.12. The molecule has 0 amide bonds. The second kappa shape index (κ2) is 17.2. The smallest absolute Gasteiger partial charge is 0.323 e. The molecule has 0 heterocycles. The van der Waals surface area contributed by atoms with Crippen molar-refractivity contribution in [3.63, 3.8) is 0 Å². The van der Waals surface area contributed by atoms with Crippen LogP contribution < -0.4 is 11.2 Å². The van der Waals surface area contributed by atoms with Gasteiger partial charge in [-0.05, 0) is 81.3 Å². The monoisotopic (exact) mass is 436 g/mol. The Morgan fingerprint density at radius 1 is 1.26 bits per heavy atom. The summed E-state index contributed by atoms with van der Waals surface area (Å²) in [4.78, 5) is 11.6. The van der Waals surface area contributed by atoms with Crippen molar-refractivity contribution in [2.24, 2.45) is 17.6 Å². The molecule has 3 atom stereocenters. The fraction of sp³-hybridized carbons (Fsp3) is 0.731. The van der Waals surface area contributed by atoms with Gasteiger partial charge in [0.2, 0.25) is 0 Å². The van der Waals surface area contributed by atoms with E-state index in [1.54, 1.807) is 0 Å². The lowest BCUT2D eigenvalue weighted by atomic mass is 9.75. The molecule has 0 saturated carbocycles. The van der Waals surface area contributed by atoms with Crippen molar-refractivity contribution >= 4 is 5.97 Å². The Labute approximate surface area is 190 Å². The SMILES string of the molecule is C=CC1=C(/C=C\C)CC(C)CC1.CCCCC(CCC)C(N)(CCCCNO)C(=O)O. The Morgan fingerprint density at radius 3 is 2.48 bits per heavy atom. The number of hydroxylamine groups is 1. The molecular formula is C26H48N2O3. The van der Waals surface area contributed by atoms with Crippen LogP contribution in [0.5, 0.6) is 0 Å². The van der Waals surface area contributed by atoms with Gasteiger partial charge < -0.3 is 16.0 Å². The lowest BCUT2D eigenvalue weighted by Crippen LogP contribution is -2.54. The van der Waals surface area contributed by atoms with Gasteiger partial charge in [0.1, 0.15) is 5.54 Å². The van der Waals surface area contributed by atoms with Crippen LogP contribution in [0.2, 0.25) is 0 Å². The average molecular weight is 437 g/mol. The summed E-state index contributed by atoms with van der Waals surface area (Å²) in [7, 11) is 0. The molecule has 0 saturated heterocycles. The van der Waals surface area contributed by atoms with Crippen molar-refractivity contribution in [1.82, 2.24) is 5.48 Å². The third kappa shape index (κ3) is 11.1. The number of aliphatic carboxylic acids is 1. The van der Waals surface area contributed by atoms with Gasteiger partial charge in [0.25, 0.3) is 0 Å². The predicted molar refractivity (Wildman–Crippen MR) is 131 cm³/mol. The van der Waals surface area contributed by atoms with Crippen molar-refractivity contribution < 1.29 is 15.1 Å². The lowest BCUT2D eigenvalue weighted by molar-refractivity contribution is -0.146. The number of allylic oxidation sites excluding steroid dienone is 5. The van der Waals surface area contributed by atoms with Crippen LogP contribution in [0, 0.1) is 11.8 Å². The molecule has 1 aliphatic rings. The number of rotatable bonds is 14. The summed E-state index contributed by atoms with van der Waals surface area (Å²) in [5.41, 5.74) is 10.1. The molecule has 0 aromatic heterocycles. The first-order valence-corrected chi connectivity index (χ1v) is 12.2. The zero-order valence-electron chi connectivity index (χ0n) is 20.5. The van der Waals surface area contributed by atoms with Gasteiger partial charge in [0, 0.05) is 6.54 Å². The summed E-state index contributed by atoms with van der Waals surface area (Å²) in [5, 5.41) is 18.0. The van der Waals surface area contributed by atoms with E-state index >= 15 is 0 Å². The van der Waals surface area contributed by atoms with Crippen LogP contribution in [0.4, 0.5) is 0 Å². The number of carboxylic acid groups (broad SMARTS) is 1. The molecule has 5 N–H and O–H groups in total. The van der Waals surface area contributed by atoms with Crippen LogP contribution in [0.15, 0.2) is 36.0 Å².